The third-order valence-corrected chi connectivity index (χ3v) is 5.70. The molecule has 0 spiro atoms. The van der Waals surface area contributed by atoms with E-state index in [-0.39, 0.29) is 5.91 Å². The number of amides is 1. The molecule has 1 fully saturated rings. The molecule has 1 aliphatic rings. The number of hydrogen-bond donors (Lipinski definition) is 5. The Labute approximate surface area is 175 Å². The fourth-order valence-electron chi connectivity index (χ4n) is 3.75. The van der Waals surface area contributed by atoms with E-state index in [1.54, 1.807) is 0 Å². The summed E-state index contributed by atoms with van der Waals surface area (Å²) in [7, 11) is 0. The zero-order valence-corrected chi connectivity index (χ0v) is 18.1. The SMILES string of the molecule is CCCCCCCCCCCCCCCC(=O)N[C@@H]1O[C@H](CO)[C@@H](O)[C@H](O)[C@H]1O. The lowest BCUT2D eigenvalue weighted by Crippen LogP contribution is -2.63. The second-order valence-electron chi connectivity index (χ2n) is 8.31. The Kier molecular flexibility index (Phi) is 14.5. The molecule has 1 amide bonds. The minimum Gasteiger partial charge on any atom is -0.394 e. The summed E-state index contributed by atoms with van der Waals surface area (Å²) in [6.45, 7) is 1.74. The summed E-state index contributed by atoms with van der Waals surface area (Å²) in [6, 6.07) is 0. The van der Waals surface area contributed by atoms with Gasteiger partial charge in [0.05, 0.1) is 6.61 Å². The van der Waals surface area contributed by atoms with Crippen molar-refractivity contribution in [1.29, 1.82) is 0 Å². The molecule has 29 heavy (non-hydrogen) atoms. The Balaban J connectivity index is 2.00. The fourth-order valence-corrected chi connectivity index (χ4v) is 3.75. The normalized spacial score (nSPS) is 27.1. The first-order chi connectivity index (χ1) is 14.0. The topological polar surface area (TPSA) is 119 Å². The van der Waals surface area contributed by atoms with Crippen LogP contribution < -0.4 is 5.32 Å². The van der Waals surface area contributed by atoms with Gasteiger partial charge < -0.3 is 30.5 Å². The number of nitrogens with one attached hydrogen (secondary N) is 1. The van der Waals surface area contributed by atoms with Crippen molar-refractivity contribution in [3.05, 3.63) is 0 Å². The first kappa shape index (κ1) is 26.3. The van der Waals surface area contributed by atoms with Gasteiger partial charge in [0.1, 0.15) is 24.4 Å². The third kappa shape index (κ3) is 10.7. The van der Waals surface area contributed by atoms with Gasteiger partial charge in [-0.05, 0) is 6.42 Å². The average molecular weight is 418 g/mol. The molecule has 0 aromatic carbocycles. The Hall–Kier alpha value is -0.730. The lowest BCUT2D eigenvalue weighted by atomic mass is 9.98. The first-order valence-corrected chi connectivity index (χ1v) is 11.6. The van der Waals surface area contributed by atoms with Gasteiger partial charge in [0.15, 0.2) is 6.23 Å². The number of aliphatic hydroxyl groups is 4. The molecule has 1 heterocycles. The van der Waals surface area contributed by atoms with Gasteiger partial charge in [0.25, 0.3) is 0 Å². The van der Waals surface area contributed by atoms with Crippen LogP contribution in [0.2, 0.25) is 0 Å². The Morgan fingerprint density at radius 2 is 1.24 bits per heavy atom. The summed E-state index contributed by atoms with van der Waals surface area (Å²) in [4.78, 5) is 12.0. The summed E-state index contributed by atoms with van der Waals surface area (Å²) >= 11 is 0. The maximum Gasteiger partial charge on any atom is 0.222 e. The predicted octanol–water partition coefficient (Wildman–Crippen LogP) is 2.38. The first-order valence-electron chi connectivity index (χ1n) is 11.6. The number of hydrogen-bond acceptors (Lipinski definition) is 6. The van der Waals surface area contributed by atoms with Crippen LogP contribution in [-0.4, -0.2) is 63.6 Å². The Morgan fingerprint density at radius 1 is 0.759 bits per heavy atom. The molecule has 0 radical (unpaired) electrons. The molecule has 0 aromatic heterocycles. The van der Waals surface area contributed by atoms with Crippen molar-refractivity contribution in [3.63, 3.8) is 0 Å². The Morgan fingerprint density at radius 3 is 1.72 bits per heavy atom. The van der Waals surface area contributed by atoms with Crippen molar-refractivity contribution in [2.24, 2.45) is 0 Å². The van der Waals surface area contributed by atoms with Crippen molar-refractivity contribution < 1.29 is 30.0 Å². The van der Waals surface area contributed by atoms with E-state index < -0.39 is 37.3 Å². The van der Waals surface area contributed by atoms with E-state index in [9.17, 15) is 20.1 Å². The van der Waals surface area contributed by atoms with E-state index in [4.69, 9.17) is 9.84 Å². The lowest BCUT2D eigenvalue weighted by molar-refractivity contribution is -0.236. The van der Waals surface area contributed by atoms with Gasteiger partial charge in [-0.25, -0.2) is 0 Å². The third-order valence-electron chi connectivity index (χ3n) is 5.70. The van der Waals surface area contributed by atoms with Crippen molar-refractivity contribution in [2.45, 2.75) is 127 Å². The van der Waals surface area contributed by atoms with E-state index in [0.29, 0.717) is 6.42 Å². The standard InChI is InChI=1S/C22H43NO6/c1-2-3-4-5-6-7-8-9-10-11-12-13-14-15-18(25)23-22-21(28)20(27)19(26)17(16-24)29-22/h17,19-22,24,26-28H,2-16H2,1H3,(H,23,25)/t17-,19-,20+,21-,22-/m1/s1. The summed E-state index contributed by atoms with van der Waals surface area (Å²) in [5.74, 6) is -0.266. The Bertz CT molecular complexity index is 420. The molecule has 0 aliphatic carbocycles. The molecule has 0 bridgehead atoms. The smallest absolute Gasteiger partial charge is 0.222 e. The van der Waals surface area contributed by atoms with Crippen molar-refractivity contribution in [3.8, 4) is 0 Å². The molecule has 0 saturated carbocycles. The summed E-state index contributed by atoms with van der Waals surface area (Å²) < 4.78 is 5.28. The molecule has 5 atom stereocenters. The summed E-state index contributed by atoms with van der Waals surface area (Å²) in [5.41, 5.74) is 0. The van der Waals surface area contributed by atoms with Gasteiger partial charge >= 0.3 is 0 Å². The number of ether oxygens (including phenoxy) is 1. The monoisotopic (exact) mass is 417 g/mol. The lowest BCUT2D eigenvalue weighted by Gasteiger charge is -2.40. The zero-order chi connectivity index (χ0) is 21.5. The molecular weight excluding hydrogens is 374 g/mol. The van der Waals surface area contributed by atoms with Crippen molar-refractivity contribution >= 4 is 5.91 Å². The van der Waals surface area contributed by atoms with Crippen LogP contribution in [0.5, 0.6) is 0 Å². The molecule has 0 unspecified atom stereocenters. The van der Waals surface area contributed by atoms with Gasteiger partial charge in [-0.1, -0.05) is 84.0 Å². The highest BCUT2D eigenvalue weighted by molar-refractivity contribution is 5.76. The minimum atomic E-state index is -1.47. The zero-order valence-electron chi connectivity index (χ0n) is 18.1. The summed E-state index contributed by atoms with van der Waals surface area (Å²) in [6.07, 6.45) is 9.96. The maximum absolute atomic E-state index is 12.0. The largest absolute Gasteiger partial charge is 0.394 e. The van der Waals surface area contributed by atoms with Gasteiger partial charge in [0, 0.05) is 6.42 Å². The van der Waals surface area contributed by atoms with Gasteiger partial charge in [0.2, 0.25) is 5.91 Å². The van der Waals surface area contributed by atoms with Crippen LogP contribution >= 0.6 is 0 Å². The highest BCUT2D eigenvalue weighted by atomic mass is 16.6. The minimum absolute atomic E-state index is 0.266. The fraction of sp³-hybridized carbons (Fsp3) is 0.955. The van der Waals surface area contributed by atoms with Gasteiger partial charge in [-0.3, -0.25) is 4.79 Å². The van der Waals surface area contributed by atoms with E-state index in [0.717, 1.165) is 19.3 Å². The number of carbonyl (C=O) groups is 1. The van der Waals surface area contributed by atoms with E-state index >= 15 is 0 Å². The summed E-state index contributed by atoms with van der Waals surface area (Å²) in [5, 5.41) is 41.1. The van der Waals surface area contributed by atoms with Crippen LogP contribution in [0.1, 0.15) is 96.8 Å². The quantitative estimate of drug-likeness (QED) is 0.246. The number of rotatable bonds is 16. The van der Waals surface area contributed by atoms with Crippen molar-refractivity contribution in [1.82, 2.24) is 5.32 Å². The van der Waals surface area contributed by atoms with Crippen LogP contribution in [0.4, 0.5) is 0 Å². The van der Waals surface area contributed by atoms with Crippen LogP contribution in [0.15, 0.2) is 0 Å². The van der Waals surface area contributed by atoms with E-state index in [2.05, 4.69) is 12.2 Å². The maximum atomic E-state index is 12.0. The van der Waals surface area contributed by atoms with Crippen LogP contribution in [-0.2, 0) is 9.53 Å². The van der Waals surface area contributed by atoms with Gasteiger partial charge in [-0.2, -0.15) is 0 Å². The molecule has 7 heteroatoms. The van der Waals surface area contributed by atoms with E-state index in [1.165, 1.54) is 64.2 Å². The van der Waals surface area contributed by atoms with Gasteiger partial charge in [-0.15, -0.1) is 0 Å². The van der Waals surface area contributed by atoms with Crippen molar-refractivity contribution in [2.75, 3.05) is 6.61 Å². The molecule has 1 saturated heterocycles. The van der Waals surface area contributed by atoms with Crippen LogP contribution in [0.3, 0.4) is 0 Å². The molecular formula is C22H43NO6. The number of carbonyl (C=O) groups excluding carboxylic acids is 1. The molecule has 0 aromatic rings. The number of aliphatic hydroxyl groups excluding tert-OH is 4. The molecule has 172 valence electrons. The average Bonchev–Trinajstić information content (AvgIpc) is 2.71. The predicted molar refractivity (Wildman–Crippen MR) is 112 cm³/mol. The second-order valence-corrected chi connectivity index (χ2v) is 8.31. The molecule has 5 N–H and O–H groups in total. The molecule has 1 rings (SSSR count). The highest BCUT2D eigenvalue weighted by Gasteiger charge is 2.43. The van der Waals surface area contributed by atoms with E-state index in [1.807, 2.05) is 0 Å². The number of unbranched alkanes of at least 4 members (excludes halogenated alkanes) is 12. The van der Waals surface area contributed by atoms with Crippen LogP contribution in [0, 0.1) is 0 Å². The molecule has 1 aliphatic heterocycles. The highest BCUT2D eigenvalue weighted by Crippen LogP contribution is 2.20. The van der Waals surface area contributed by atoms with Crippen LogP contribution in [0.25, 0.3) is 0 Å². The molecule has 7 nitrogen and oxygen atoms in total. The second kappa shape index (κ2) is 16.0.